The van der Waals surface area contributed by atoms with Crippen molar-refractivity contribution in [2.45, 2.75) is 36.0 Å². The van der Waals surface area contributed by atoms with E-state index in [4.69, 9.17) is 9.66 Å². The van der Waals surface area contributed by atoms with Crippen LogP contribution in [0.2, 0.25) is 0 Å². The Balaban J connectivity index is 4.51. The van der Waals surface area contributed by atoms with Crippen LogP contribution in [0.15, 0.2) is 12.2 Å². The Hall–Kier alpha value is -1.52. The first-order chi connectivity index (χ1) is 12.3. The van der Waals surface area contributed by atoms with Gasteiger partial charge in [-0.1, -0.05) is 6.58 Å². The summed E-state index contributed by atoms with van der Waals surface area (Å²) in [6.07, 6.45) is -15.0. The third-order valence-electron chi connectivity index (χ3n) is 3.07. The lowest BCUT2D eigenvalue weighted by atomic mass is 9.96. The van der Waals surface area contributed by atoms with Gasteiger partial charge in [-0.05, 0) is 12.8 Å². The second-order valence-electron chi connectivity index (χ2n) is 5.30. The highest BCUT2D eigenvalue weighted by Gasteiger charge is 2.69. The molecule has 0 aliphatic heterocycles. The molecule has 7 nitrogen and oxygen atoms in total. The number of aliphatic hydroxyl groups is 1. The topological polar surface area (TPSA) is 110 Å². The van der Waals surface area contributed by atoms with Crippen molar-refractivity contribution in [3.05, 3.63) is 12.2 Å². The highest BCUT2D eigenvalue weighted by Crippen LogP contribution is 2.45. The first-order valence-electron chi connectivity index (χ1n) is 6.89. The predicted molar refractivity (Wildman–Crippen MR) is 73.7 cm³/mol. The van der Waals surface area contributed by atoms with E-state index < -0.39 is 77.5 Å². The number of hydrogen-bond donors (Lipinski definition) is 2. The zero-order valence-electron chi connectivity index (χ0n) is 13.6. The van der Waals surface area contributed by atoms with Gasteiger partial charge in [-0.15, -0.1) is 0 Å². The molecule has 2 N–H and O–H groups in total. The number of alkyl halides is 8. The summed E-state index contributed by atoms with van der Waals surface area (Å²) in [6.45, 7) is -0.959. The summed E-state index contributed by atoms with van der Waals surface area (Å²) in [4.78, 5) is 11.3. The molecule has 0 aromatic rings. The minimum absolute atomic E-state index is 0.729. The summed E-state index contributed by atoms with van der Waals surface area (Å²) in [5, 5.41) is 4.15. The molecule has 0 radical (unpaired) electrons. The molecule has 0 atom stereocenters. The average Bonchev–Trinajstić information content (AvgIpc) is 2.47. The Labute approximate surface area is 152 Å². The quantitative estimate of drug-likeness (QED) is 0.171. The van der Waals surface area contributed by atoms with Crippen molar-refractivity contribution in [3.63, 3.8) is 0 Å². The molecule has 16 heteroatoms. The number of halogens is 8. The monoisotopic (exact) mass is 454 g/mol. The summed E-state index contributed by atoms with van der Waals surface area (Å²) in [5.41, 5.74) is -5.75. The van der Waals surface area contributed by atoms with Gasteiger partial charge in [0.2, 0.25) is 0 Å². The van der Waals surface area contributed by atoms with Crippen molar-refractivity contribution < 1.29 is 67.5 Å². The van der Waals surface area contributed by atoms with E-state index in [9.17, 15) is 48.3 Å². The van der Waals surface area contributed by atoms with Crippen LogP contribution in [-0.2, 0) is 24.4 Å². The number of carbonyl (C=O) groups is 1. The fourth-order valence-corrected chi connectivity index (χ4v) is 1.70. The van der Waals surface area contributed by atoms with Crippen LogP contribution in [0.5, 0.6) is 0 Å². The highest BCUT2D eigenvalue weighted by atomic mass is 32.2. The molecule has 0 saturated heterocycles. The molecular weight excluding hydrogens is 440 g/mol. The molecule has 28 heavy (non-hydrogen) atoms. The Morgan fingerprint density at radius 3 is 1.86 bits per heavy atom. The molecule has 0 amide bonds. The lowest BCUT2D eigenvalue weighted by Crippen LogP contribution is -2.56. The molecule has 166 valence electrons. The van der Waals surface area contributed by atoms with Gasteiger partial charge in [-0.3, -0.25) is 4.55 Å². The van der Waals surface area contributed by atoms with Crippen LogP contribution in [0.25, 0.3) is 0 Å². The maximum absolute atomic E-state index is 12.8. The van der Waals surface area contributed by atoms with Crippen LogP contribution in [0.3, 0.4) is 0 Å². The lowest BCUT2D eigenvalue weighted by Gasteiger charge is -2.32. The van der Waals surface area contributed by atoms with E-state index in [1.54, 1.807) is 0 Å². The molecule has 0 saturated carbocycles. The van der Waals surface area contributed by atoms with Crippen molar-refractivity contribution in [2.75, 3.05) is 19.8 Å². The molecule has 0 fully saturated rings. The lowest BCUT2D eigenvalue weighted by molar-refractivity contribution is -0.370. The minimum Gasteiger partial charge on any atom is -0.462 e. The van der Waals surface area contributed by atoms with Gasteiger partial charge < -0.3 is 14.6 Å². The van der Waals surface area contributed by atoms with Gasteiger partial charge in [-0.25, -0.2) is 4.79 Å². The third-order valence-corrected chi connectivity index (χ3v) is 3.94. The van der Waals surface area contributed by atoms with Crippen LogP contribution in [0.4, 0.5) is 35.1 Å². The summed E-state index contributed by atoms with van der Waals surface area (Å²) >= 11 is 0. The van der Waals surface area contributed by atoms with Gasteiger partial charge in [0, 0.05) is 0 Å². The minimum atomic E-state index is -6.04. The van der Waals surface area contributed by atoms with E-state index in [0.717, 1.165) is 0 Å². The van der Waals surface area contributed by atoms with E-state index >= 15 is 0 Å². The van der Waals surface area contributed by atoms with Gasteiger partial charge in [0.05, 0.1) is 18.8 Å². The summed E-state index contributed by atoms with van der Waals surface area (Å²) in [5.74, 6) is -1.45. The van der Waals surface area contributed by atoms with Gasteiger partial charge in [0.25, 0.3) is 5.60 Å². The third kappa shape index (κ3) is 6.82. The Morgan fingerprint density at radius 1 is 1.00 bits per heavy atom. The number of carbonyl (C=O) groups excluding carboxylic acids is 1. The molecule has 0 spiro atoms. The number of rotatable bonds is 10. The predicted octanol–water partition coefficient (Wildman–Crippen LogP) is 2.22. The molecule has 0 aromatic carbocycles. The van der Waals surface area contributed by atoms with E-state index in [-0.39, 0.29) is 0 Å². The zero-order valence-corrected chi connectivity index (χ0v) is 14.4. The molecule has 0 aliphatic carbocycles. The van der Waals surface area contributed by atoms with Gasteiger partial charge in [0.15, 0.2) is 0 Å². The zero-order chi connectivity index (χ0) is 22.6. The average molecular weight is 454 g/mol. The van der Waals surface area contributed by atoms with Crippen molar-refractivity contribution in [1.82, 2.24) is 0 Å². The van der Waals surface area contributed by atoms with Crippen molar-refractivity contribution in [3.8, 4) is 0 Å². The first-order valence-corrected chi connectivity index (χ1v) is 8.33. The van der Waals surface area contributed by atoms with Crippen LogP contribution >= 0.6 is 0 Å². The first kappa shape index (κ1) is 26.5. The smallest absolute Gasteiger partial charge is 0.426 e. The Kier molecular flexibility index (Phi) is 8.39. The fraction of sp³-hybridized carbons (Fsp3) is 0.750. The Bertz CT molecular complexity index is 654. The van der Waals surface area contributed by atoms with E-state index in [2.05, 4.69) is 16.1 Å². The summed E-state index contributed by atoms with van der Waals surface area (Å²) in [7, 11) is -5.79. The van der Waals surface area contributed by atoms with Crippen LogP contribution in [-0.4, -0.2) is 67.1 Å². The largest absolute Gasteiger partial charge is 0.462 e. The second-order valence-corrected chi connectivity index (χ2v) is 6.85. The second kappa shape index (κ2) is 8.87. The van der Waals surface area contributed by atoms with Crippen molar-refractivity contribution in [2.24, 2.45) is 0 Å². The molecule has 0 unspecified atom stereocenters. The maximum atomic E-state index is 12.8. The SMILES string of the molecule is C=C(COCC(F)(F)S(=O)(=O)O)C(=O)OCCCC(O)(C(F)(F)F)C(F)(F)F. The van der Waals surface area contributed by atoms with Crippen LogP contribution in [0, 0.1) is 0 Å². The molecule has 0 aromatic heterocycles. The molecule has 0 rings (SSSR count). The van der Waals surface area contributed by atoms with Gasteiger partial charge in [-0.2, -0.15) is 43.5 Å². The van der Waals surface area contributed by atoms with E-state index in [0.29, 0.717) is 0 Å². The number of ether oxygens (including phenoxy) is 2. The Morgan fingerprint density at radius 2 is 1.46 bits per heavy atom. The molecule has 0 aliphatic rings. The number of esters is 1. The summed E-state index contributed by atoms with van der Waals surface area (Å²) in [6, 6.07) is 0. The van der Waals surface area contributed by atoms with E-state index in [1.165, 1.54) is 0 Å². The van der Waals surface area contributed by atoms with Crippen molar-refractivity contribution in [1.29, 1.82) is 0 Å². The molecule has 0 heterocycles. The van der Waals surface area contributed by atoms with Crippen molar-refractivity contribution >= 4 is 16.1 Å². The van der Waals surface area contributed by atoms with Gasteiger partial charge in [0.1, 0.15) is 6.61 Å². The standard InChI is InChI=1S/C12H14F8O7S/c1-7(5-26-6-10(13,14)28(23,24)25)8(21)27-4-2-3-9(22,11(15,16)17)12(18,19)20/h22H,1-6H2,(H,23,24,25). The normalized spacial score (nSPS) is 14.1. The van der Waals surface area contributed by atoms with Gasteiger partial charge >= 0.3 is 33.7 Å². The fourth-order valence-electron chi connectivity index (χ4n) is 1.47. The van der Waals surface area contributed by atoms with Crippen LogP contribution in [0.1, 0.15) is 12.8 Å². The van der Waals surface area contributed by atoms with Crippen LogP contribution < -0.4 is 0 Å². The maximum Gasteiger partial charge on any atom is 0.426 e. The van der Waals surface area contributed by atoms with E-state index in [1.807, 2.05) is 0 Å². The highest BCUT2D eigenvalue weighted by molar-refractivity contribution is 7.86. The molecule has 0 bridgehead atoms. The summed E-state index contributed by atoms with van der Waals surface area (Å²) < 4.78 is 137. The number of hydrogen-bond acceptors (Lipinski definition) is 6. The molecular formula is C12H14F8O7S.